The average Bonchev–Trinajstić information content (AvgIpc) is 3.15. The molecule has 2 heterocycles. The SMILES string of the molecule is Cc1cc([C@@H]2CCCN2S(=O)(=O)c2ccc(C(C)(C)C)cc2)no1. The van der Waals surface area contributed by atoms with Gasteiger partial charge in [0.2, 0.25) is 10.0 Å². The first-order chi connectivity index (χ1) is 11.2. The number of rotatable bonds is 3. The topological polar surface area (TPSA) is 63.4 Å². The Hall–Kier alpha value is -1.66. The van der Waals surface area contributed by atoms with Crippen LogP contribution < -0.4 is 0 Å². The second kappa shape index (κ2) is 6.01. The van der Waals surface area contributed by atoms with Crippen molar-refractivity contribution >= 4 is 10.0 Å². The van der Waals surface area contributed by atoms with E-state index in [4.69, 9.17) is 4.52 Å². The van der Waals surface area contributed by atoms with Gasteiger partial charge in [-0.25, -0.2) is 8.42 Å². The minimum atomic E-state index is -3.54. The Kier molecular flexibility index (Phi) is 4.30. The van der Waals surface area contributed by atoms with Crippen molar-refractivity contribution in [2.75, 3.05) is 6.54 Å². The van der Waals surface area contributed by atoms with Crippen molar-refractivity contribution in [1.29, 1.82) is 0 Å². The zero-order valence-electron chi connectivity index (χ0n) is 14.6. The molecule has 2 aromatic rings. The van der Waals surface area contributed by atoms with Gasteiger partial charge in [0.15, 0.2) is 0 Å². The van der Waals surface area contributed by atoms with Crippen molar-refractivity contribution in [2.45, 2.75) is 56.9 Å². The van der Waals surface area contributed by atoms with Gasteiger partial charge in [0.1, 0.15) is 11.5 Å². The van der Waals surface area contributed by atoms with Crippen LogP contribution in [0.2, 0.25) is 0 Å². The second-order valence-electron chi connectivity index (χ2n) is 7.41. The number of aryl methyl sites for hydroxylation is 1. The van der Waals surface area contributed by atoms with Crippen molar-refractivity contribution in [3.05, 3.63) is 47.3 Å². The predicted octanol–water partition coefficient (Wildman–Crippen LogP) is 3.81. The van der Waals surface area contributed by atoms with Crippen LogP contribution in [0.3, 0.4) is 0 Å². The number of hydrogen-bond donors (Lipinski definition) is 0. The maximum Gasteiger partial charge on any atom is 0.243 e. The lowest BCUT2D eigenvalue weighted by Gasteiger charge is -2.23. The van der Waals surface area contributed by atoms with E-state index >= 15 is 0 Å². The van der Waals surface area contributed by atoms with Gasteiger partial charge in [-0.05, 0) is 42.9 Å². The van der Waals surface area contributed by atoms with Gasteiger partial charge >= 0.3 is 0 Å². The third-order valence-electron chi connectivity index (χ3n) is 4.52. The smallest absolute Gasteiger partial charge is 0.243 e. The van der Waals surface area contributed by atoms with Crippen LogP contribution in [0.5, 0.6) is 0 Å². The molecule has 1 aliphatic heterocycles. The van der Waals surface area contributed by atoms with Crippen LogP contribution in [0.15, 0.2) is 39.8 Å². The molecule has 0 spiro atoms. The van der Waals surface area contributed by atoms with E-state index < -0.39 is 10.0 Å². The minimum absolute atomic E-state index is 0.00326. The highest BCUT2D eigenvalue weighted by Crippen LogP contribution is 2.36. The van der Waals surface area contributed by atoms with Gasteiger partial charge < -0.3 is 4.52 Å². The summed E-state index contributed by atoms with van der Waals surface area (Å²) in [7, 11) is -3.54. The summed E-state index contributed by atoms with van der Waals surface area (Å²) >= 11 is 0. The molecule has 0 aliphatic carbocycles. The Balaban J connectivity index is 1.92. The maximum absolute atomic E-state index is 13.1. The molecule has 24 heavy (non-hydrogen) atoms. The largest absolute Gasteiger partial charge is 0.361 e. The molecule has 130 valence electrons. The molecule has 6 heteroatoms. The molecule has 1 fully saturated rings. The van der Waals surface area contributed by atoms with Crippen molar-refractivity contribution in [1.82, 2.24) is 9.46 Å². The lowest BCUT2D eigenvalue weighted by atomic mass is 9.87. The number of nitrogens with zero attached hydrogens (tertiary/aromatic N) is 2. The summed E-state index contributed by atoms with van der Waals surface area (Å²) in [6, 6.07) is 8.80. The zero-order valence-corrected chi connectivity index (χ0v) is 15.4. The Morgan fingerprint density at radius 3 is 2.42 bits per heavy atom. The third-order valence-corrected chi connectivity index (χ3v) is 6.44. The summed E-state index contributed by atoms with van der Waals surface area (Å²) in [4.78, 5) is 0.336. The van der Waals surface area contributed by atoms with Crippen molar-refractivity contribution in [3.63, 3.8) is 0 Å². The summed E-state index contributed by atoms with van der Waals surface area (Å²) in [6.45, 7) is 8.66. The Morgan fingerprint density at radius 2 is 1.88 bits per heavy atom. The summed E-state index contributed by atoms with van der Waals surface area (Å²) in [6.07, 6.45) is 1.60. The fourth-order valence-corrected chi connectivity index (χ4v) is 4.80. The van der Waals surface area contributed by atoms with Gasteiger partial charge in [0, 0.05) is 12.6 Å². The van der Waals surface area contributed by atoms with Gasteiger partial charge in [-0.1, -0.05) is 38.1 Å². The number of benzene rings is 1. The summed E-state index contributed by atoms with van der Waals surface area (Å²) < 4.78 is 32.8. The van der Waals surface area contributed by atoms with Gasteiger partial charge in [-0.15, -0.1) is 0 Å². The Bertz CT molecular complexity index is 817. The maximum atomic E-state index is 13.1. The highest BCUT2D eigenvalue weighted by atomic mass is 32.2. The molecule has 1 aliphatic rings. The van der Waals surface area contributed by atoms with Crippen molar-refractivity contribution in [2.24, 2.45) is 0 Å². The Morgan fingerprint density at radius 1 is 1.21 bits per heavy atom. The van der Waals surface area contributed by atoms with Crippen LogP contribution >= 0.6 is 0 Å². The quantitative estimate of drug-likeness (QED) is 0.846. The van der Waals surface area contributed by atoms with E-state index in [1.165, 1.54) is 0 Å². The summed E-state index contributed by atoms with van der Waals surface area (Å²) in [5.74, 6) is 0.698. The number of sulfonamides is 1. The molecule has 0 N–H and O–H groups in total. The average molecular weight is 348 g/mol. The fourth-order valence-electron chi connectivity index (χ4n) is 3.13. The predicted molar refractivity (Wildman–Crippen MR) is 92.2 cm³/mol. The van der Waals surface area contributed by atoms with E-state index in [9.17, 15) is 8.42 Å². The van der Waals surface area contributed by atoms with Crippen LogP contribution in [-0.2, 0) is 15.4 Å². The monoisotopic (exact) mass is 348 g/mol. The molecule has 0 unspecified atom stereocenters. The first-order valence-corrected chi connectivity index (χ1v) is 9.69. The molecule has 0 radical (unpaired) electrons. The molecule has 0 saturated carbocycles. The molecule has 0 amide bonds. The van der Waals surface area contributed by atoms with E-state index in [1.54, 1.807) is 16.4 Å². The van der Waals surface area contributed by atoms with Crippen molar-refractivity contribution < 1.29 is 12.9 Å². The molecule has 3 rings (SSSR count). The minimum Gasteiger partial charge on any atom is -0.361 e. The zero-order chi connectivity index (χ0) is 17.5. The lowest BCUT2D eigenvalue weighted by molar-refractivity contribution is 0.349. The van der Waals surface area contributed by atoms with Crippen molar-refractivity contribution in [3.8, 4) is 0 Å². The highest BCUT2D eigenvalue weighted by Gasteiger charge is 2.37. The van der Waals surface area contributed by atoms with E-state index in [0.717, 1.165) is 18.4 Å². The van der Waals surface area contributed by atoms with Crippen LogP contribution in [-0.4, -0.2) is 24.4 Å². The van der Waals surface area contributed by atoms with Crippen LogP contribution in [0, 0.1) is 6.92 Å². The molecule has 1 saturated heterocycles. The molecule has 1 atom stereocenters. The standard InChI is InChI=1S/C18H24N2O3S/c1-13-12-16(19-23-13)17-6-5-11-20(17)24(21,22)15-9-7-14(8-10-15)18(2,3)4/h7-10,12,17H,5-6,11H2,1-4H3/t17-/m0/s1. The lowest BCUT2D eigenvalue weighted by Crippen LogP contribution is -2.31. The van der Waals surface area contributed by atoms with E-state index in [0.29, 0.717) is 22.9 Å². The van der Waals surface area contributed by atoms with Crippen LogP contribution in [0.4, 0.5) is 0 Å². The summed E-state index contributed by atoms with van der Waals surface area (Å²) in [5.41, 5.74) is 1.81. The van der Waals surface area contributed by atoms with Gasteiger partial charge in [0.25, 0.3) is 0 Å². The van der Waals surface area contributed by atoms with Crippen LogP contribution in [0.1, 0.15) is 56.7 Å². The first-order valence-electron chi connectivity index (χ1n) is 8.25. The third kappa shape index (κ3) is 3.13. The van der Waals surface area contributed by atoms with Gasteiger partial charge in [-0.3, -0.25) is 0 Å². The number of hydrogen-bond acceptors (Lipinski definition) is 4. The summed E-state index contributed by atoms with van der Waals surface area (Å²) in [5, 5.41) is 4.02. The highest BCUT2D eigenvalue weighted by molar-refractivity contribution is 7.89. The molecular weight excluding hydrogens is 324 g/mol. The van der Waals surface area contributed by atoms with Gasteiger partial charge in [0.05, 0.1) is 10.9 Å². The Labute approximate surface area is 143 Å². The normalized spacial score (nSPS) is 19.8. The molecule has 1 aromatic carbocycles. The number of aromatic nitrogens is 1. The van der Waals surface area contributed by atoms with Crippen LogP contribution in [0.25, 0.3) is 0 Å². The van der Waals surface area contributed by atoms with E-state index in [-0.39, 0.29) is 11.5 Å². The van der Waals surface area contributed by atoms with E-state index in [2.05, 4.69) is 25.9 Å². The molecule has 1 aromatic heterocycles. The van der Waals surface area contributed by atoms with Gasteiger partial charge in [-0.2, -0.15) is 4.31 Å². The first kappa shape index (κ1) is 17.2. The molecular formula is C18H24N2O3S. The fraction of sp³-hybridized carbons (Fsp3) is 0.500. The molecule has 0 bridgehead atoms. The van der Waals surface area contributed by atoms with E-state index in [1.807, 2.05) is 25.1 Å². The molecule has 5 nitrogen and oxygen atoms in total. The second-order valence-corrected chi connectivity index (χ2v) is 9.30.